The minimum Gasteiger partial charge on any atom is -0.327 e. The van der Waals surface area contributed by atoms with Gasteiger partial charge in [0, 0.05) is 12.1 Å². The molecular weight excluding hydrogens is 208 g/mol. The van der Waals surface area contributed by atoms with Crippen LogP contribution in [-0.4, -0.2) is 24.5 Å². The van der Waals surface area contributed by atoms with Crippen LogP contribution in [0.25, 0.3) is 0 Å². The summed E-state index contributed by atoms with van der Waals surface area (Å²) in [6.45, 7) is 7.67. The Morgan fingerprint density at radius 1 is 1.12 bits per heavy atom. The Balaban J connectivity index is 2.45. The van der Waals surface area contributed by atoms with Crippen LogP contribution in [0.2, 0.25) is 0 Å². The van der Waals surface area contributed by atoms with E-state index in [1.54, 1.807) is 0 Å². The molecule has 0 aliphatic rings. The highest BCUT2D eigenvalue weighted by atomic mass is 15.1. The summed E-state index contributed by atoms with van der Waals surface area (Å²) in [5.41, 5.74) is 7.45. The second-order valence-corrected chi connectivity index (χ2v) is 5.26. The highest BCUT2D eigenvalue weighted by Gasteiger charge is 2.13. The van der Waals surface area contributed by atoms with E-state index < -0.39 is 0 Å². The average molecular weight is 234 g/mol. The van der Waals surface area contributed by atoms with Crippen LogP contribution in [0.5, 0.6) is 0 Å². The van der Waals surface area contributed by atoms with Gasteiger partial charge in [0.05, 0.1) is 0 Å². The van der Waals surface area contributed by atoms with Crippen LogP contribution in [0.1, 0.15) is 38.8 Å². The Kier molecular flexibility index (Phi) is 5.66. The van der Waals surface area contributed by atoms with Crippen LogP contribution in [0.15, 0.2) is 30.3 Å². The van der Waals surface area contributed by atoms with Gasteiger partial charge in [-0.1, -0.05) is 44.2 Å². The number of benzene rings is 1. The zero-order valence-corrected chi connectivity index (χ0v) is 11.6. The van der Waals surface area contributed by atoms with Gasteiger partial charge in [-0.15, -0.1) is 0 Å². The van der Waals surface area contributed by atoms with E-state index in [4.69, 9.17) is 5.73 Å². The van der Waals surface area contributed by atoms with Crippen LogP contribution < -0.4 is 5.73 Å². The predicted molar refractivity (Wildman–Crippen MR) is 74.9 cm³/mol. The molecule has 0 aromatic heterocycles. The fraction of sp³-hybridized carbons (Fsp3) is 0.600. The molecule has 2 N–H and O–H groups in total. The molecule has 1 aromatic rings. The molecule has 0 radical (unpaired) electrons. The molecule has 0 fully saturated rings. The van der Waals surface area contributed by atoms with E-state index in [0.29, 0.717) is 18.0 Å². The third kappa shape index (κ3) is 4.49. The third-order valence-corrected chi connectivity index (χ3v) is 3.61. The van der Waals surface area contributed by atoms with E-state index in [0.717, 1.165) is 13.0 Å². The highest BCUT2D eigenvalue weighted by molar-refractivity contribution is 5.18. The van der Waals surface area contributed by atoms with Crippen molar-refractivity contribution in [2.24, 2.45) is 11.7 Å². The van der Waals surface area contributed by atoms with E-state index in [9.17, 15) is 0 Å². The van der Waals surface area contributed by atoms with Crippen molar-refractivity contribution in [1.29, 1.82) is 0 Å². The molecule has 2 nitrogen and oxygen atoms in total. The average Bonchev–Trinajstić information content (AvgIpc) is 2.35. The van der Waals surface area contributed by atoms with Crippen LogP contribution >= 0.6 is 0 Å². The van der Waals surface area contributed by atoms with Crippen molar-refractivity contribution in [2.75, 3.05) is 13.6 Å². The number of hydrogen-bond acceptors (Lipinski definition) is 2. The van der Waals surface area contributed by atoms with Gasteiger partial charge in [0.25, 0.3) is 0 Å². The van der Waals surface area contributed by atoms with E-state index >= 15 is 0 Å². The SMILES string of the molecule is CC(C)C(N)CCN(C)C(C)c1ccccc1. The summed E-state index contributed by atoms with van der Waals surface area (Å²) in [4.78, 5) is 2.37. The van der Waals surface area contributed by atoms with Gasteiger partial charge in [0.2, 0.25) is 0 Å². The van der Waals surface area contributed by atoms with Crippen molar-refractivity contribution in [3.63, 3.8) is 0 Å². The Bertz CT molecular complexity index is 308. The standard InChI is InChI=1S/C15H26N2/c1-12(2)15(16)10-11-17(4)13(3)14-8-6-5-7-9-14/h5-9,12-13,15H,10-11,16H2,1-4H3. The molecule has 0 heterocycles. The van der Waals surface area contributed by atoms with Crippen molar-refractivity contribution in [2.45, 2.75) is 39.3 Å². The minimum absolute atomic E-state index is 0.306. The number of rotatable bonds is 6. The third-order valence-electron chi connectivity index (χ3n) is 3.61. The molecule has 17 heavy (non-hydrogen) atoms. The van der Waals surface area contributed by atoms with Gasteiger partial charge in [-0.2, -0.15) is 0 Å². The molecule has 0 bridgehead atoms. The topological polar surface area (TPSA) is 29.3 Å². The molecule has 0 saturated heterocycles. The zero-order chi connectivity index (χ0) is 12.8. The molecule has 0 spiro atoms. The largest absolute Gasteiger partial charge is 0.327 e. The second-order valence-electron chi connectivity index (χ2n) is 5.26. The van der Waals surface area contributed by atoms with E-state index in [-0.39, 0.29) is 0 Å². The molecule has 2 unspecified atom stereocenters. The summed E-state index contributed by atoms with van der Waals surface area (Å²) in [5, 5.41) is 0. The quantitative estimate of drug-likeness (QED) is 0.819. The Morgan fingerprint density at radius 2 is 1.71 bits per heavy atom. The first-order chi connectivity index (χ1) is 8.02. The summed E-state index contributed by atoms with van der Waals surface area (Å²) >= 11 is 0. The maximum absolute atomic E-state index is 6.08. The van der Waals surface area contributed by atoms with E-state index in [1.807, 2.05) is 0 Å². The van der Waals surface area contributed by atoms with Gasteiger partial charge in [-0.3, -0.25) is 4.90 Å². The Labute approximate surface area is 106 Å². The molecule has 2 heteroatoms. The zero-order valence-electron chi connectivity index (χ0n) is 11.6. The monoisotopic (exact) mass is 234 g/mol. The van der Waals surface area contributed by atoms with Gasteiger partial charge in [-0.05, 0) is 38.4 Å². The molecule has 2 atom stereocenters. The fourth-order valence-electron chi connectivity index (χ4n) is 1.87. The number of nitrogens with two attached hydrogens (primary N) is 1. The first-order valence-electron chi connectivity index (χ1n) is 6.53. The van der Waals surface area contributed by atoms with Gasteiger partial charge < -0.3 is 5.73 Å². The summed E-state index contributed by atoms with van der Waals surface area (Å²) < 4.78 is 0. The smallest absolute Gasteiger partial charge is 0.0316 e. The van der Waals surface area contributed by atoms with Gasteiger partial charge in [0.1, 0.15) is 0 Å². The van der Waals surface area contributed by atoms with Crippen LogP contribution in [0.3, 0.4) is 0 Å². The van der Waals surface area contributed by atoms with Crippen molar-refractivity contribution in [3.8, 4) is 0 Å². The van der Waals surface area contributed by atoms with Gasteiger partial charge in [-0.25, -0.2) is 0 Å². The maximum Gasteiger partial charge on any atom is 0.0316 e. The molecule has 1 rings (SSSR count). The van der Waals surface area contributed by atoms with Crippen LogP contribution in [-0.2, 0) is 0 Å². The normalized spacial score (nSPS) is 15.2. The second kappa shape index (κ2) is 6.77. The molecular formula is C15H26N2. The first kappa shape index (κ1) is 14.2. The summed E-state index contributed by atoms with van der Waals surface area (Å²) in [5.74, 6) is 0.565. The van der Waals surface area contributed by atoms with Crippen LogP contribution in [0.4, 0.5) is 0 Å². The van der Waals surface area contributed by atoms with Crippen molar-refractivity contribution < 1.29 is 0 Å². The molecule has 0 saturated carbocycles. The molecule has 0 aliphatic carbocycles. The van der Waals surface area contributed by atoms with Gasteiger partial charge in [0.15, 0.2) is 0 Å². The molecule has 0 aliphatic heterocycles. The van der Waals surface area contributed by atoms with E-state index in [2.05, 4.69) is 63.1 Å². The molecule has 0 amide bonds. The maximum atomic E-state index is 6.08. The summed E-state index contributed by atoms with van der Waals surface area (Å²) in [6.07, 6.45) is 1.06. The first-order valence-corrected chi connectivity index (χ1v) is 6.53. The lowest BCUT2D eigenvalue weighted by Gasteiger charge is -2.27. The van der Waals surface area contributed by atoms with Crippen molar-refractivity contribution >= 4 is 0 Å². The molecule has 96 valence electrons. The summed E-state index contributed by atoms with van der Waals surface area (Å²) in [6, 6.07) is 11.4. The highest BCUT2D eigenvalue weighted by Crippen LogP contribution is 2.18. The van der Waals surface area contributed by atoms with Crippen molar-refractivity contribution in [3.05, 3.63) is 35.9 Å². The lowest BCUT2D eigenvalue weighted by Crippen LogP contribution is -2.32. The van der Waals surface area contributed by atoms with Crippen LogP contribution in [0, 0.1) is 5.92 Å². The minimum atomic E-state index is 0.306. The van der Waals surface area contributed by atoms with Gasteiger partial charge >= 0.3 is 0 Å². The predicted octanol–water partition coefficient (Wildman–Crippen LogP) is 3.05. The summed E-state index contributed by atoms with van der Waals surface area (Å²) in [7, 11) is 2.17. The number of hydrogen-bond donors (Lipinski definition) is 1. The number of nitrogens with zero attached hydrogens (tertiary/aromatic N) is 1. The Morgan fingerprint density at radius 3 is 2.24 bits per heavy atom. The molecule has 1 aromatic carbocycles. The lowest BCUT2D eigenvalue weighted by atomic mass is 10.0. The van der Waals surface area contributed by atoms with E-state index in [1.165, 1.54) is 5.56 Å². The Hall–Kier alpha value is -0.860. The van der Waals surface area contributed by atoms with Crippen molar-refractivity contribution in [1.82, 2.24) is 4.90 Å². The fourth-order valence-corrected chi connectivity index (χ4v) is 1.87. The lowest BCUT2D eigenvalue weighted by molar-refractivity contribution is 0.243.